The van der Waals surface area contributed by atoms with Gasteiger partial charge in [0.2, 0.25) is 5.69 Å². The molecule has 0 atom stereocenters. The molecule has 4 rings (SSSR count). The molecule has 1 aliphatic carbocycles. The monoisotopic (exact) mass is 392 g/mol. The molecule has 3 aromatic rings. The summed E-state index contributed by atoms with van der Waals surface area (Å²) in [5.74, 6) is 1.03. The van der Waals surface area contributed by atoms with E-state index in [1.54, 1.807) is 25.3 Å². The van der Waals surface area contributed by atoms with Crippen LogP contribution in [-0.4, -0.2) is 35.1 Å². The summed E-state index contributed by atoms with van der Waals surface area (Å²) >= 11 is 0. The summed E-state index contributed by atoms with van der Waals surface area (Å²) < 4.78 is 16.7. The van der Waals surface area contributed by atoms with Gasteiger partial charge in [-0.15, -0.1) is 0 Å². The van der Waals surface area contributed by atoms with E-state index in [9.17, 15) is 4.79 Å². The van der Waals surface area contributed by atoms with E-state index in [2.05, 4.69) is 15.3 Å². The van der Waals surface area contributed by atoms with Crippen LogP contribution in [0.15, 0.2) is 41.1 Å². The lowest BCUT2D eigenvalue weighted by molar-refractivity contribution is 0.0865. The summed E-state index contributed by atoms with van der Waals surface area (Å²) in [6, 6.07) is 9.16. The molecule has 1 N–H and O–H groups in total. The zero-order chi connectivity index (χ0) is 20.2. The van der Waals surface area contributed by atoms with E-state index in [-0.39, 0.29) is 35.4 Å². The average molecular weight is 392 g/mol. The number of carbonyl (C=O) groups is 1. The third-order valence-electron chi connectivity index (χ3n) is 5.01. The highest BCUT2D eigenvalue weighted by molar-refractivity contribution is 5.96. The highest BCUT2D eigenvalue weighted by atomic mass is 16.5. The molecule has 0 aliphatic heterocycles. The van der Waals surface area contributed by atoms with Crippen LogP contribution in [-0.2, 0) is 0 Å². The van der Waals surface area contributed by atoms with E-state index in [0.29, 0.717) is 11.3 Å². The minimum Gasteiger partial charge on any atom is -0.497 e. The molecule has 1 aliphatic rings. The van der Waals surface area contributed by atoms with Crippen molar-refractivity contribution in [3.63, 3.8) is 0 Å². The van der Waals surface area contributed by atoms with Crippen LogP contribution in [0.4, 0.5) is 0 Å². The van der Waals surface area contributed by atoms with E-state index < -0.39 is 0 Å². The molecular weight excluding hydrogens is 372 g/mol. The Labute approximate surface area is 167 Å². The maximum absolute atomic E-state index is 12.6. The molecule has 2 heterocycles. The molecule has 8 heteroatoms. The fourth-order valence-corrected chi connectivity index (χ4v) is 3.49. The maximum Gasteiger partial charge on any atom is 0.287 e. The Kier molecular flexibility index (Phi) is 5.29. The van der Waals surface area contributed by atoms with Gasteiger partial charge in [-0.05, 0) is 49.9 Å². The van der Waals surface area contributed by atoms with Crippen molar-refractivity contribution >= 4 is 16.9 Å². The summed E-state index contributed by atoms with van der Waals surface area (Å²) in [7, 11) is 1.60. The molecule has 1 amide bonds. The number of benzene rings is 1. The van der Waals surface area contributed by atoms with Crippen molar-refractivity contribution in [1.29, 1.82) is 5.26 Å². The number of nitrogens with one attached hydrogen (secondary N) is 1. The highest BCUT2D eigenvalue weighted by Crippen LogP contribution is 2.26. The predicted molar refractivity (Wildman–Crippen MR) is 104 cm³/mol. The fourth-order valence-electron chi connectivity index (χ4n) is 3.49. The van der Waals surface area contributed by atoms with Crippen molar-refractivity contribution in [2.24, 2.45) is 0 Å². The molecule has 0 radical (unpaired) electrons. The van der Waals surface area contributed by atoms with E-state index in [4.69, 9.17) is 19.2 Å². The van der Waals surface area contributed by atoms with Gasteiger partial charge in [0.25, 0.3) is 11.8 Å². The lowest BCUT2D eigenvalue weighted by Crippen LogP contribution is -2.39. The minimum atomic E-state index is -0.231. The quantitative estimate of drug-likeness (QED) is 0.710. The first-order valence-corrected chi connectivity index (χ1v) is 9.42. The normalized spacial score (nSPS) is 18.8. The number of ether oxygens (including phenoxy) is 2. The van der Waals surface area contributed by atoms with Crippen molar-refractivity contribution in [2.45, 2.75) is 37.8 Å². The molecule has 1 fully saturated rings. The van der Waals surface area contributed by atoms with Crippen molar-refractivity contribution in [2.75, 3.05) is 7.11 Å². The van der Waals surface area contributed by atoms with Crippen LogP contribution in [0.25, 0.3) is 11.0 Å². The van der Waals surface area contributed by atoms with E-state index >= 15 is 0 Å². The van der Waals surface area contributed by atoms with Crippen LogP contribution < -0.4 is 14.8 Å². The summed E-state index contributed by atoms with van der Waals surface area (Å²) in [6.07, 6.45) is 5.97. The molecule has 2 aromatic heterocycles. The van der Waals surface area contributed by atoms with Crippen LogP contribution in [0.5, 0.6) is 11.6 Å². The Hall–Kier alpha value is -3.60. The number of methoxy groups -OCH3 is 1. The number of amides is 1. The van der Waals surface area contributed by atoms with Crippen LogP contribution >= 0.6 is 0 Å². The van der Waals surface area contributed by atoms with E-state index in [1.807, 2.05) is 12.1 Å². The Morgan fingerprint density at radius 3 is 2.76 bits per heavy atom. The summed E-state index contributed by atoms with van der Waals surface area (Å²) in [5.41, 5.74) is 0.828. The summed E-state index contributed by atoms with van der Waals surface area (Å²) in [6.45, 7) is 0. The lowest BCUT2D eigenvalue weighted by Gasteiger charge is -2.29. The number of nitrogens with zero attached hydrogens (tertiary/aromatic N) is 3. The van der Waals surface area contributed by atoms with E-state index in [0.717, 1.165) is 31.1 Å². The van der Waals surface area contributed by atoms with Crippen LogP contribution in [0.2, 0.25) is 0 Å². The van der Waals surface area contributed by atoms with Crippen molar-refractivity contribution in [1.82, 2.24) is 15.3 Å². The van der Waals surface area contributed by atoms with Crippen molar-refractivity contribution < 1.29 is 18.7 Å². The number of hydrogen-bond acceptors (Lipinski definition) is 7. The lowest BCUT2D eigenvalue weighted by atomic mass is 9.93. The van der Waals surface area contributed by atoms with Gasteiger partial charge in [0.15, 0.2) is 5.76 Å². The molecule has 29 heavy (non-hydrogen) atoms. The molecule has 0 saturated heterocycles. The molecule has 1 saturated carbocycles. The first-order chi connectivity index (χ1) is 14.2. The van der Waals surface area contributed by atoms with Gasteiger partial charge in [-0.25, -0.2) is 9.97 Å². The Morgan fingerprint density at radius 1 is 1.21 bits per heavy atom. The molecule has 8 nitrogen and oxygen atoms in total. The molecular formula is C21H20N4O4. The highest BCUT2D eigenvalue weighted by Gasteiger charge is 2.26. The van der Waals surface area contributed by atoms with Crippen LogP contribution in [0.1, 0.15) is 41.9 Å². The van der Waals surface area contributed by atoms with Crippen LogP contribution in [0, 0.1) is 11.3 Å². The number of nitriles is 1. The molecule has 0 unspecified atom stereocenters. The van der Waals surface area contributed by atoms with Gasteiger partial charge in [-0.3, -0.25) is 4.79 Å². The minimum absolute atomic E-state index is 0.0439. The Balaban J connectivity index is 1.33. The molecule has 0 bridgehead atoms. The third-order valence-corrected chi connectivity index (χ3v) is 5.01. The molecule has 1 aromatic carbocycles. The first-order valence-electron chi connectivity index (χ1n) is 9.42. The standard InChI is InChI=1S/C21H20N4O4/c1-27-16-6-7-18-13(10-16)11-19(29-18)20(26)25-14-2-4-15(5-3-14)28-21-17(12-22)23-8-9-24-21/h6-11,14-15H,2-5H2,1H3,(H,25,26). The fraction of sp³-hybridized carbons (Fsp3) is 0.333. The van der Waals surface area contributed by atoms with Gasteiger partial charge in [0.05, 0.1) is 7.11 Å². The Morgan fingerprint density at radius 2 is 2.00 bits per heavy atom. The zero-order valence-corrected chi connectivity index (χ0v) is 15.9. The van der Waals surface area contributed by atoms with Gasteiger partial charge >= 0.3 is 0 Å². The maximum atomic E-state index is 12.6. The zero-order valence-electron chi connectivity index (χ0n) is 15.9. The largest absolute Gasteiger partial charge is 0.497 e. The van der Waals surface area contributed by atoms with Gasteiger partial charge in [0, 0.05) is 23.8 Å². The smallest absolute Gasteiger partial charge is 0.287 e. The number of rotatable bonds is 5. The number of hydrogen-bond donors (Lipinski definition) is 1. The second-order valence-corrected chi connectivity index (χ2v) is 6.90. The summed E-state index contributed by atoms with van der Waals surface area (Å²) in [5, 5.41) is 12.9. The topological polar surface area (TPSA) is 110 Å². The molecule has 0 spiro atoms. The first kappa shape index (κ1) is 18.7. The third kappa shape index (κ3) is 4.14. The van der Waals surface area contributed by atoms with Gasteiger partial charge < -0.3 is 19.2 Å². The van der Waals surface area contributed by atoms with Gasteiger partial charge in [-0.1, -0.05) is 0 Å². The van der Waals surface area contributed by atoms with Gasteiger partial charge in [0.1, 0.15) is 23.5 Å². The SMILES string of the molecule is COc1ccc2oc(C(=O)NC3CCC(Oc4nccnc4C#N)CC3)cc2c1. The number of aromatic nitrogens is 2. The Bertz CT molecular complexity index is 1060. The van der Waals surface area contributed by atoms with E-state index in [1.165, 1.54) is 12.4 Å². The van der Waals surface area contributed by atoms with Gasteiger partial charge in [-0.2, -0.15) is 5.26 Å². The molecule has 148 valence electrons. The number of carbonyl (C=O) groups excluding carboxylic acids is 1. The predicted octanol–water partition coefficient (Wildman–Crippen LogP) is 3.22. The summed E-state index contributed by atoms with van der Waals surface area (Å²) in [4.78, 5) is 20.6. The number of furan rings is 1. The van der Waals surface area contributed by atoms with Crippen molar-refractivity contribution in [3.8, 4) is 17.7 Å². The second-order valence-electron chi connectivity index (χ2n) is 6.90. The second kappa shape index (κ2) is 8.19. The van der Waals surface area contributed by atoms with Crippen LogP contribution in [0.3, 0.4) is 0 Å². The van der Waals surface area contributed by atoms with Crippen molar-refractivity contribution in [3.05, 3.63) is 48.1 Å². The number of fused-ring (bicyclic) bond motifs is 1. The average Bonchev–Trinajstić information content (AvgIpc) is 3.19.